The van der Waals surface area contributed by atoms with Crippen molar-refractivity contribution in [2.45, 2.75) is 39.0 Å². The normalized spacial score (nSPS) is 11.3. The molecule has 0 bridgehead atoms. The minimum absolute atomic E-state index is 0.0899. The summed E-state index contributed by atoms with van der Waals surface area (Å²) < 4.78 is 4.84. The van der Waals surface area contributed by atoms with E-state index in [4.69, 9.17) is 4.74 Å². The number of carbonyl (C=O) groups excluding carboxylic acids is 2. The van der Waals surface area contributed by atoms with E-state index in [1.807, 2.05) is 57.2 Å². The number of fused-ring (bicyclic) bond motifs is 1. The third-order valence-electron chi connectivity index (χ3n) is 4.94. The molecule has 0 aliphatic carbocycles. The van der Waals surface area contributed by atoms with Gasteiger partial charge in [0.2, 0.25) is 5.91 Å². The summed E-state index contributed by atoms with van der Waals surface area (Å²) in [5, 5.41) is 22.7. The Morgan fingerprint density at radius 2 is 1.84 bits per heavy atom. The lowest BCUT2D eigenvalue weighted by molar-refractivity contribution is -0.138. The van der Waals surface area contributed by atoms with Crippen LogP contribution in [0.15, 0.2) is 49.1 Å². The molecule has 3 aromatic rings. The summed E-state index contributed by atoms with van der Waals surface area (Å²) in [7, 11) is 0. The molecule has 0 fully saturated rings. The Bertz CT molecular complexity index is 1110. The first-order chi connectivity index (χ1) is 15.2. The number of aryl methyl sites for hydroxylation is 1. The van der Waals surface area contributed by atoms with Crippen LogP contribution in [-0.2, 0) is 26.2 Å². The van der Waals surface area contributed by atoms with Crippen LogP contribution in [0.1, 0.15) is 38.3 Å². The minimum Gasteiger partial charge on any atom is -0.505 e. The fourth-order valence-corrected chi connectivity index (χ4v) is 3.26. The van der Waals surface area contributed by atoms with Crippen molar-refractivity contribution in [3.8, 4) is 11.4 Å². The zero-order chi connectivity index (χ0) is 23.3. The van der Waals surface area contributed by atoms with E-state index < -0.39 is 5.97 Å². The van der Waals surface area contributed by atoms with E-state index in [-0.39, 0.29) is 36.6 Å². The van der Waals surface area contributed by atoms with Gasteiger partial charge in [0.05, 0.1) is 6.54 Å². The van der Waals surface area contributed by atoms with Gasteiger partial charge in [-0.05, 0) is 35.6 Å². The molecule has 1 aromatic heterocycles. The van der Waals surface area contributed by atoms with Gasteiger partial charge in [-0.25, -0.2) is 4.79 Å². The number of aromatic hydroxyl groups is 1. The first-order valence-corrected chi connectivity index (χ1v) is 10.4. The van der Waals surface area contributed by atoms with Crippen LogP contribution >= 0.6 is 0 Å². The molecular weight excluding hydrogens is 408 g/mol. The van der Waals surface area contributed by atoms with E-state index >= 15 is 0 Å². The topological polar surface area (TPSA) is 106 Å². The number of hydrogen-bond acceptors (Lipinski definition) is 6. The van der Waals surface area contributed by atoms with Gasteiger partial charge in [0.15, 0.2) is 0 Å². The summed E-state index contributed by atoms with van der Waals surface area (Å²) >= 11 is 0. The molecule has 0 aliphatic heterocycles. The number of ether oxygens (including phenoxy) is 1. The molecule has 1 heterocycles. The predicted octanol–water partition coefficient (Wildman–Crippen LogP) is 3.20. The van der Waals surface area contributed by atoms with Crippen molar-refractivity contribution in [3.05, 3.63) is 60.2 Å². The van der Waals surface area contributed by atoms with Gasteiger partial charge in [0.1, 0.15) is 29.1 Å². The van der Waals surface area contributed by atoms with Gasteiger partial charge in [-0.1, -0.05) is 45.5 Å². The number of aromatic nitrogens is 3. The highest BCUT2D eigenvalue weighted by Gasteiger charge is 2.23. The number of benzene rings is 2. The zero-order valence-corrected chi connectivity index (χ0v) is 18.6. The summed E-state index contributed by atoms with van der Waals surface area (Å²) in [6, 6.07) is 11.2. The maximum Gasteiger partial charge on any atom is 0.330 e. The number of amides is 1. The molecule has 32 heavy (non-hydrogen) atoms. The Morgan fingerprint density at radius 3 is 2.44 bits per heavy atom. The summed E-state index contributed by atoms with van der Waals surface area (Å²) in [5.41, 5.74) is 3.25. The van der Waals surface area contributed by atoms with Gasteiger partial charge >= 0.3 is 5.97 Å². The quantitative estimate of drug-likeness (QED) is 0.319. The highest BCUT2D eigenvalue weighted by Crippen LogP contribution is 2.36. The number of hydrogen-bond donors (Lipinski definition) is 2. The average molecular weight is 437 g/mol. The largest absolute Gasteiger partial charge is 0.505 e. The molecule has 0 atom stereocenters. The number of phenolic OH excluding ortho intramolecular Hbond substituents is 1. The number of esters is 1. The smallest absolute Gasteiger partial charge is 0.330 e. The maximum atomic E-state index is 12.2. The molecule has 0 saturated carbocycles. The SMILES string of the molecule is C=CC(=O)OCCNC(=O)CCc1cc(-n2nc3ccccc3n2)c(O)c(C(C)(C)C)c1. The molecule has 0 radical (unpaired) electrons. The van der Waals surface area contributed by atoms with Crippen LogP contribution in [0.2, 0.25) is 0 Å². The fourth-order valence-electron chi connectivity index (χ4n) is 3.26. The highest BCUT2D eigenvalue weighted by molar-refractivity contribution is 5.81. The Labute approximate surface area is 186 Å². The van der Waals surface area contributed by atoms with Crippen molar-refractivity contribution < 1.29 is 19.4 Å². The van der Waals surface area contributed by atoms with Crippen molar-refractivity contribution in [1.29, 1.82) is 0 Å². The van der Waals surface area contributed by atoms with Crippen LogP contribution in [0.4, 0.5) is 0 Å². The van der Waals surface area contributed by atoms with Crippen molar-refractivity contribution in [2.75, 3.05) is 13.2 Å². The number of phenols is 1. The van der Waals surface area contributed by atoms with Crippen LogP contribution in [0.3, 0.4) is 0 Å². The number of nitrogens with zero attached hydrogens (tertiary/aromatic N) is 3. The van der Waals surface area contributed by atoms with Crippen LogP contribution in [-0.4, -0.2) is 45.1 Å². The molecule has 0 saturated heterocycles. The molecular formula is C24H28N4O4. The third kappa shape index (κ3) is 5.51. The molecule has 3 rings (SSSR count). The molecule has 1 amide bonds. The van der Waals surface area contributed by atoms with Crippen LogP contribution in [0.5, 0.6) is 5.75 Å². The zero-order valence-electron chi connectivity index (χ0n) is 18.6. The first-order valence-electron chi connectivity index (χ1n) is 10.4. The first kappa shape index (κ1) is 23.0. The molecule has 8 heteroatoms. The second-order valence-electron chi connectivity index (χ2n) is 8.46. The maximum absolute atomic E-state index is 12.2. The highest BCUT2D eigenvalue weighted by atomic mass is 16.5. The van der Waals surface area contributed by atoms with Crippen molar-refractivity contribution in [3.63, 3.8) is 0 Å². The summed E-state index contributed by atoms with van der Waals surface area (Å²) in [6.07, 6.45) is 1.79. The second-order valence-corrected chi connectivity index (χ2v) is 8.46. The van der Waals surface area contributed by atoms with E-state index in [0.717, 1.165) is 28.2 Å². The van der Waals surface area contributed by atoms with Crippen LogP contribution < -0.4 is 5.32 Å². The van der Waals surface area contributed by atoms with Gasteiger partial charge in [-0.15, -0.1) is 15.0 Å². The van der Waals surface area contributed by atoms with E-state index in [1.165, 1.54) is 4.80 Å². The van der Waals surface area contributed by atoms with Gasteiger partial charge < -0.3 is 15.2 Å². The Hall–Kier alpha value is -3.68. The molecule has 8 nitrogen and oxygen atoms in total. The second kappa shape index (κ2) is 9.64. The Kier molecular flexibility index (Phi) is 6.92. The third-order valence-corrected chi connectivity index (χ3v) is 4.94. The van der Waals surface area contributed by atoms with E-state index in [9.17, 15) is 14.7 Å². The van der Waals surface area contributed by atoms with E-state index in [2.05, 4.69) is 22.1 Å². The lowest BCUT2D eigenvalue weighted by atomic mass is 9.84. The Morgan fingerprint density at radius 1 is 1.19 bits per heavy atom. The van der Waals surface area contributed by atoms with Crippen LogP contribution in [0.25, 0.3) is 16.7 Å². The van der Waals surface area contributed by atoms with Gasteiger partial charge in [-0.3, -0.25) is 4.79 Å². The average Bonchev–Trinajstić information content (AvgIpc) is 3.19. The minimum atomic E-state index is -0.523. The molecule has 2 aromatic carbocycles. The molecule has 0 aliphatic rings. The number of rotatable bonds is 8. The predicted molar refractivity (Wildman–Crippen MR) is 122 cm³/mol. The van der Waals surface area contributed by atoms with Gasteiger partial charge in [-0.2, -0.15) is 0 Å². The van der Waals surface area contributed by atoms with Crippen molar-refractivity contribution in [2.24, 2.45) is 0 Å². The number of carbonyl (C=O) groups is 2. The molecule has 2 N–H and O–H groups in total. The van der Waals surface area contributed by atoms with Gasteiger partial charge in [0, 0.05) is 18.1 Å². The van der Waals surface area contributed by atoms with Gasteiger partial charge in [0.25, 0.3) is 0 Å². The standard InChI is InChI=1S/C24H28N4O4/c1-5-22(30)32-13-12-25-21(29)11-10-16-14-17(24(2,3)4)23(31)20(15-16)28-26-18-8-6-7-9-19(18)27-28/h5-9,14-15,31H,1,10-13H2,2-4H3,(H,25,29). The summed E-state index contributed by atoms with van der Waals surface area (Å²) in [4.78, 5) is 24.7. The van der Waals surface area contributed by atoms with Crippen LogP contribution in [0, 0.1) is 0 Å². The lowest BCUT2D eigenvalue weighted by Gasteiger charge is -2.23. The summed E-state index contributed by atoms with van der Waals surface area (Å²) in [5.74, 6) is -0.560. The van der Waals surface area contributed by atoms with Crippen molar-refractivity contribution >= 4 is 22.9 Å². The van der Waals surface area contributed by atoms with Crippen molar-refractivity contribution in [1.82, 2.24) is 20.3 Å². The fraction of sp³-hybridized carbons (Fsp3) is 0.333. The lowest BCUT2D eigenvalue weighted by Crippen LogP contribution is -2.28. The van der Waals surface area contributed by atoms with E-state index in [1.54, 1.807) is 0 Å². The molecule has 0 spiro atoms. The molecule has 168 valence electrons. The number of nitrogens with one attached hydrogen (secondary N) is 1. The monoisotopic (exact) mass is 436 g/mol. The summed E-state index contributed by atoms with van der Waals surface area (Å²) in [6.45, 7) is 9.68. The Balaban J connectivity index is 1.79. The van der Waals surface area contributed by atoms with E-state index in [0.29, 0.717) is 12.1 Å². The molecule has 0 unspecified atom stereocenters.